The fourth-order valence-corrected chi connectivity index (χ4v) is 6.67. The molecule has 216 valence electrons. The second kappa shape index (κ2) is 11.6. The van der Waals surface area contributed by atoms with E-state index in [1.165, 1.54) is 15.5 Å². The van der Waals surface area contributed by atoms with Crippen LogP contribution in [0.25, 0.3) is 11.1 Å². The standard InChI is InChI=1S/C33H39N3O5/c1-34(2)30(39)27-21-36(29(38)20-26(27)25-13-7-4-8-14-25)23-33(41)17-18-35(22-32(33)15-9-10-16-32)31(40)28(37)19-24-11-5-3-6-12-24/h3-8,11-14,20-21,28,37,41H,9-10,15-19,22-23H2,1-2H3. The Labute approximate surface area is 240 Å². The number of benzene rings is 2. The van der Waals surface area contributed by atoms with Crippen molar-refractivity contribution in [2.24, 2.45) is 5.41 Å². The Morgan fingerprint density at radius 3 is 2.24 bits per heavy atom. The van der Waals surface area contributed by atoms with Gasteiger partial charge in [-0.25, -0.2) is 0 Å². The minimum absolute atomic E-state index is 0.0310. The highest BCUT2D eigenvalue weighted by atomic mass is 16.3. The third-order valence-electron chi connectivity index (χ3n) is 8.98. The number of aromatic nitrogens is 1. The van der Waals surface area contributed by atoms with Crippen LogP contribution >= 0.6 is 0 Å². The van der Waals surface area contributed by atoms with Gasteiger partial charge in [-0.2, -0.15) is 0 Å². The van der Waals surface area contributed by atoms with Crippen LogP contribution in [0.15, 0.2) is 77.7 Å². The van der Waals surface area contributed by atoms with E-state index in [1.54, 1.807) is 25.2 Å². The Bertz CT molecular complexity index is 1450. The van der Waals surface area contributed by atoms with Crippen molar-refractivity contribution in [1.82, 2.24) is 14.4 Å². The van der Waals surface area contributed by atoms with Crippen molar-refractivity contribution in [3.8, 4) is 11.1 Å². The molecule has 1 aliphatic carbocycles. The van der Waals surface area contributed by atoms with E-state index in [4.69, 9.17) is 0 Å². The molecule has 5 rings (SSSR count). The third kappa shape index (κ3) is 5.72. The molecule has 1 aromatic heterocycles. The normalized spacial score (nSPS) is 20.6. The Kier molecular flexibility index (Phi) is 8.16. The number of carbonyl (C=O) groups is 2. The van der Waals surface area contributed by atoms with E-state index in [0.29, 0.717) is 17.7 Å². The van der Waals surface area contributed by atoms with Gasteiger partial charge in [0.25, 0.3) is 17.4 Å². The molecule has 41 heavy (non-hydrogen) atoms. The van der Waals surface area contributed by atoms with Crippen LogP contribution in [0, 0.1) is 5.41 Å². The van der Waals surface area contributed by atoms with Gasteiger partial charge >= 0.3 is 0 Å². The van der Waals surface area contributed by atoms with E-state index in [9.17, 15) is 24.6 Å². The number of hydrogen-bond donors (Lipinski definition) is 2. The molecule has 8 nitrogen and oxygen atoms in total. The smallest absolute Gasteiger partial charge is 0.255 e. The lowest BCUT2D eigenvalue weighted by molar-refractivity contribution is -0.166. The molecular formula is C33H39N3O5. The lowest BCUT2D eigenvalue weighted by Gasteiger charge is -2.52. The molecule has 2 amide bonds. The first-order chi connectivity index (χ1) is 19.6. The number of aliphatic hydroxyl groups excluding tert-OH is 1. The van der Waals surface area contributed by atoms with Crippen molar-refractivity contribution < 1.29 is 19.8 Å². The van der Waals surface area contributed by atoms with Crippen LogP contribution < -0.4 is 5.56 Å². The summed E-state index contributed by atoms with van der Waals surface area (Å²) in [4.78, 5) is 43.1. The van der Waals surface area contributed by atoms with Gasteiger partial charge in [0.2, 0.25) is 0 Å². The monoisotopic (exact) mass is 557 g/mol. The summed E-state index contributed by atoms with van der Waals surface area (Å²) >= 11 is 0. The van der Waals surface area contributed by atoms with Crippen LogP contribution in [0.4, 0.5) is 0 Å². The number of carbonyl (C=O) groups excluding carboxylic acids is 2. The molecular weight excluding hydrogens is 518 g/mol. The van der Waals surface area contributed by atoms with Gasteiger partial charge in [0.1, 0.15) is 6.10 Å². The first kappa shape index (κ1) is 28.8. The van der Waals surface area contributed by atoms with Gasteiger partial charge in [0.05, 0.1) is 17.7 Å². The molecule has 2 N–H and O–H groups in total. The first-order valence-electron chi connectivity index (χ1n) is 14.4. The van der Waals surface area contributed by atoms with Crippen LogP contribution in [0.3, 0.4) is 0 Å². The van der Waals surface area contributed by atoms with Crippen LogP contribution in [-0.4, -0.2) is 75.3 Å². The van der Waals surface area contributed by atoms with E-state index >= 15 is 0 Å². The van der Waals surface area contributed by atoms with Crippen molar-refractivity contribution in [3.05, 3.63) is 94.4 Å². The number of amides is 2. The van der Waals surface area contributed by atoms with Crippen LogP contribution in [0.5, 0.6) is 0 Å². The molecule has 1 saturated carbocycles. The molecule has 2 atom stereocenters. The molecule has 2 aromatic carbocycles. The summed E-state index contributed by atoms with van der Waals surface area (Å²) in [6, 6.07) is 20.3. The van der Waals surface area contributed by atoms with E-state index in [-0.39, 0.29) is 43.3 Å². The molecule has 1 aliphatic heterocycles. The summed E-state index contributed by atoms with van der Waals surface area (Å²) in [6.07, 6.45) is 4.22. The maximum atomic E-state index is 13.4. The first-order valence-corrected chi connectivity index (χ1v) is 14.4. The second-order valence-corrected chi connectivity index (χ2v) is 11.9. The van der Waals surface area contributed by atoms with Gasteiger partial charge in [0, 0.05) is 56.8 Å². The maximum absolute atomic E-state index is 13.4. The summed E-state index contributed by atoms with van der Waals surface area (Å²) in [5.41, 5.74) is 0.463. The minimum Gasteiger partial charge on any atom is -0.387 e. The van der Waals surface area contributed by atoms with Gasteiger partial charge in [0.15, 0.2) is 0 Å². The largest absolute Gasteiger partial charge is 0.387 e. The fraction of sp³-hybridized carbons (Fsp3) is 0.424. The summed E-state index contributed by atoms with van der Waals surface area (Å²) in [5, 5.41) is 23.0. The van der Waals surface area contributed by atoms with Gasteiger partial charge < -0.3 is 24.6 Å². The van der Waals surface area contributed by atoms with Crippen LogP contribution in [0.2, 0.25) is 0 Å². The highest BCUT2D eigenvalue weighted by Crippen LogP contribution is 2.51. The molecule has 2 aliphatic rings. The minimum atomic E-state index is -1.25. The summed E-state index contributed by atoms with van der Waals surface area (Å²) < 4.78 is 1.46. The van der Waals surface area contributed by atoms with E-state index in [2.05, 4.69) is 0 Å². The Hall–Kier alpha value is -3.75. The Morgan fingerprint density at radius 1 is 0.976 bits per heavy atom. The molecule has 1 spiro atoms. The lowest BCUT2D eigenvalue weighted by Crippen LogP contribution is -2.63. The predicted octanol–water partition coefficient (Wildman–Crippen LogP) is 3.34. The van der Waals surface area contributed by atoms with Crippen LogP contribution in [0.1, 0.15) is 48.0 Å². The second-order valence-electron chi connectivity index (χ2n) is 11.9. The average Bonchev–Trinajstić information content (AvgIpc) is 3.45. The molecule has 2 heterocycles. The molecule has 8 heteroatoms. The van der Waals surface area contributed by atoms with Crippen molar-refractivity contribution in [1.29, 1.82) is 0 Å². The molecule has 1 saturated heterocycles. The molecule has 0 bridgehead atoms. The SMILES string of the molecule is CN(C)C(=O)c1cn(CC2(O)CCN(C(=O)C(O)Cc3ccccc3)CC23CCCC3)c(=O)cc1-c1ccccc1. The van der Waals surface area contributed by atoms with Crippen molar-refractivity contribution in [2.75, 3.05) is 27.2 Å². The maximum Gasteiger partial charge on any atom is 0.255 e. The quantitative estimate of drug-likeness (QED) is 0.464. The Balaban J connectivity index is 1.43. The van der Waals surface area contributed by atoms with Gasteiger partial charge in [-0.3, -0.25) is 14.4 Å². The Morgan fingerprint density at radius 2 is 1.61 bits per heavy atom. The van der Waals surface area contributed by atoms with Crippen molar-refractivity contribution in [2.45, 2.75) is 56.8 Å². The number of piperidine rings is 1. The van der Waals surface area contributed by atoms with Gasteiger partial charge in [-0.15, -0.1) is 0 Å². The molecule has 3 aromatic rings. The number of aliphatic hydroxyl groups is 2. The number of nitrogens with zero attached hydrogens (tertiary/aromatic N) is 3. The van der Waals surface area contributed by atoms with Crippen molar-refractivity contribution in [3.63, 3.8) is 0 Å². The average molecular weight is 558 g/mol. The highest BCUT2D eigenvalue weighted by Gasteiger charge is 2.56. The lowest BCUT2D eigenvalue weighted by atomic mass is 9.65. The zero-order chi connectivity index (χ0) is 29.2. The molecule has 2 fully saturated rings. The summed E-state index contributed by atoms with van der Waals surface area (Å²) in [7, 11) is 3.35. The van der Waals surface area contributed by atoms with Gasteiger partial charge in [-0.05, 0) is 30.4 Å². The zero-order valence-corrected chi connectivity index (χ0v) is 23.8. The van der Waals surface area contributed by atoms with Crippen LogP contribution in [-0.2, 0) is 17.8 Å². The number of pyridine rings is 1. The summed E-state index contributed by atoms with van der Waals surface area (Å²) in [6.45, 7) is 0.640. The fourth-order valence-electron chi connectivity index (χ4n) is 6.67. The van der Waals surface area contributed by atoms with E-state index in [0.717, 1.165) is 36.8 Å². The van der Waals surface area contributed by atoms with E-state index in [1.807, 2.05) is 60.7 Å². The molecule has 0 radical (unpaired) electrons. The third-order valence-corrected chi connectivity index (χ3v) is 8.98. The summed E-state index contributed by atoms with van der Waals surface area (Å²) in [5.74, 6) is -0.557. The number of rotatable bonds is 7. The van der Waals surface area contributed by atoms with Gasteiger partial charge in [-0.1, -0.05) is 73.5 Å². The zero-order valence-electron chi connectivity index (χ0n) is 23.8. The molecule has 2 unspecified atom stereocenters. The number of hydrogen-bond acceptors (Lipinski definition) is 5. The topological polar surface area (TPSA) is 103 Å². The predicted molar refractivity (Wildman–Crippen MR) is 157 cm³/mol. The number of likely N-dealkylation sites (tertiary alicyclic amines) is 1. The highest BCUT2D eigenvalue weighted by molar-refractivity contribution is 6.00. The van der Waals surface area contributed by atoms with Crippen molar-refractivity contribution >= 4 is 11.8 Å². The van der Waals surface area contributed by atoms with E-state index < -0.39 is 17.1 Å².